The van der Waals surface area contributed by atoms with E-state index in [1.807, 2.05) is 36.4 Å². The number of halogens is 1. The molecule has 0 bridgehead atoms. The van der Waals surface area contributed by atoms with Crippen molar-refractivity contribution in [1.29, 1.82) is 0 Å². The van der Waals surface area contributed by atoms with Crippen LogP contribution in [0.25, 0.3) is 16.5 Å². The van der Waals surface area contributed by atoms with Crippen molar-refractivity contribution in [2.75, 3.05) is 11.5 Å². The molecule has 1 aromatic carbocycles. The molecule has 1 unspecified atom stereocenters. The number of rotatable bonds is 4. The van der Waals surface area contributed by atoms with Gasteiger partial charge in [0.1, 0.15) is 0 Å². The van der Waals surface area contributed by atoms with Crippen LogP contribution >= 0.6 is 22.9 Å². The molecule has 0 spiro atoms. The Balaban J connectivity index is 1.63. The third-order valence-corrected chi connectivity index (χ3v) is 6.93. The van der Waals surface area contributed by atoms with E-state index in [9.17, 15) is 13.2 Å². The minimum Gasteiger partial charge on any atom is -0.349 e. The lowest BCUT2D eigenvalue weighted by atomic mass is 10.2. The molecule has 1 saturated heterocycles. The normalized spacial score (nSPS) is 19.6. The Bertz CT molecular complexity index is 887. The number of benzene rings is 1. The molecule has 1 amide bonds. The van der Waals surface area contributed by atoms with Gasteiger partial charge in [0, 0.05) is 32.5 Å². The zero-order chi connectivity index (χ0) is 17.2. The minimum absolute atomic E-state index is 0.0300. The Morgan fingerprint density at radius 2 is 2.04 bits per heavy atom. The molecular weight excluding hydrogens is 366 g/mol. The van der Waals surface area contributed by atoms with Gasteiger partial charge in [-0.05, 0) is 30.7 Å². The van der Waals surface area contributed by atoms with Gasteiger partial charge in [0.15, 0.2) is 9.84 Å². The number of nitrogens with one attached hydrogen (secondary N) is 1. The van der Waals surface area contributed by atoms with Crippen LogP contribution in [0.4, 0.5) is 0 Å². The molecule has 1 aliphatic rings. The number of carbonyl (C=O) groups is 1. The highest BCUT2D eigenvalue weighted by molar-refractivity contribution is 7.91. The van der Waals surface area contributed by atoms with Crippen LogP contribution in [0.1, 0.15) is 11.3 Å². The van der Waals surface area contributed by atoms with E-state index in [4.69, 9.17) is 11.6 Å². The maximum atomic E-state index is 11.9. The molecule has 1 atom stereocenters. The highest BCUT2D eigenvalue weighted by atomic mass is 35.5. The Morgan fingerprint density at radius 3 is 2.75 bits per heavy atom. The molecule has 0 saturated carbocycles. The van der Waals surface area contributed by atoms with Crippen LogP contribution in [-0.4, -0.2) is 31.9 Å². The molecule has 126 valence electrons. The first-order valence-electron chi connectivity index (χ1n) is 7.47. The summed E-state index contributed by atoms with van der Waals surface area (Å²) in [6.45, 7) is 0. The van der Waals surface area contributed by atoms with E-state index in [0.29, 0.717) is 11.4 Å². The zero-order valence-electron chi connectivity index (χ0n) is 12.7. The van der Waals surface area contributed by atoms with Gasteiger partial charge < -0.3 is 5.32 Å². The fourth-order valence-corrected chi connectivity index (χ4v) is 5.48. The Labute approximate surface area is 150 Å². The second-order valence-electron chi connectivity index (χ2n) is 5.62. The Hall–Kier alpha value is -1.63. The number of hydrogen-bond donors (Lipinski definition) is 1. The van der Waals surface area contributed by atoms with E-state index in [-0.39, 0.29) is 23.5 Å². The average Bonchev–Trinajstić information content (AvgIpc) is 3.12. The van der Waals surface area contributed by atoms with E-state index in [1.54, 1.807) is 6.08 Å². The van der Waals surface area contributed by atoms with Crippen LogP contribution in [0, 0.1) is 0 Å². The highest BCUT2D eigenvalue weighted by Crippen LogP contribution is 2.33. The molecule has 2 aromatic rings. The summed E-state index contributed by atoms with van der Waals surface area (Å²) in [5.41, 5.74) is 0.962. The number of hydrogen-bond acceptors (Lipinski definition) is 4. The predicted octanol–water partition coefficient (Wildman–Crippen LogP) is 3.39. The monoisotopic (exact) mass is 381 g/mol. The molecule has 4 nitrogen and oxygen atoms in total. The lowest BCUT2D eigenvalue weighted by Crippen LogP contribution is -2.34. The molecule has 3 rings (SSSR count). The highest BCUT2D eigenvalue weighted by Gasteiger charge is 2.28. The van der Waals surface area contributed by atoms with Gasteiger partial charge >= 0.3 is 0 Å². The molecule has 1 N–H and O–H groups in total. The third-order valence-electron chi connectivity index (χ3n) is 3.74. The van der Waals surface area contributed by atoms with E-state index < -0.39 is 9.84 Å². The second-order valence-corrected chi connectivity index (χ2v) is 9.38. The number of sulfone groups is 1. The molecule has 0 aliphatic carbocycles. The fraction of sp³-hybridized carbons (Fsp3) is 0.235. The minimum atomic E-state index is -2.99. The van der Waals surface area contributed by atoms with Crippen molar-refractivity contribution in [3.63, 3.8) is 0 Å². The SMILES string of the molecule is O=C(/C=C/c1ccc(-c2ccccc2Cl)s1)NC1CCS(=O)(=O)C1. The van der Waals surface area contributed by atoms with Crippen LogP contribution in [0.2, 0.25) is 5.02 Å². The molecular formula is C17H16ClNO3S2. The van der Waals surface area contributed by atoms with Crippen molar-refractivity contribution in [3.8, 4) is 10.4 Å². The first-order valence-corrected chi connectivity index (χ1v) is 10.5. The number of amides is 1. The summed E-state index contributed by atoms with van der Waals surface area (Å²) in [6, 6.07) is 11.2. The lowest BCUT2D eigenvalue weighted by molar-refractivity contribution is -0.116. The molecule has 1 fully saturated rings. The van der Waals surface area contributed by atoms with Crippen molar-refractivity contribution < 1.29 is 13.2 Å². The standard InChI is InChI=1S/C17H16ClNO3S2/c18-15-4-2-1-3-14(15)16-7-5-13(23-16)6-8-17(20)19-12-9-10-24(21,22)11-12/h1-8,12H,9-11H2,(H,19,20)/b8-6+. The average molecular weight is 382 g/mol. The number of thiophene rings is 1. The van der Waals surface area contributed by atoms with Crippen LogP contribution in [0.15, 0.2) is 42.5 Å². The van der Waals surface area contributed by atoms with E-state index in [2.05, 4.69) is 5.32 Å². The zero-order valence-corrected chi connectivity index (χ0v) is 15.1. The van der Waals surface area contributed by atoms with Crippen molar-refractivity contribution >= 4 is 44.8 Å². The van der Waals surface area contributed by atoms with E-state index in [1.165, 1.54) is 17.4 Å². The van der Waals surface area contributed by atoms with Gasteiger partial charge in [-0.15, -0.1) is 11.3 Å². The van der Waals surface area contributed by atoms with Crippen molar-refractivity contribution in [1.82, 2.24) is 5.32 Å². The molecule has 7 heteroatoms. The van der Waals surface area contributed by atoms with Crippen molar-refractivity contribution in [2.24, 2.45) is 0 Å². The van der Waals surface area contributed by atoms with E-state index in [0.717, 1.165) is 15.3 Å². The molecule has 0 radical (unpaired) electrons. The maximum absolute atomic E-state index is 11.9. The lowest BCUT2D eigenvalue weighted by Gasteiger charge is -2.07. The smallest absolute Gasteiger partial charge is 0.244 e. The van der Waals surface area contributed by atoms with E-state index >= 15 is 0 Å². The van der Waals surface area contributed by atoms with Gasteiger partial charge in [-0.1, -0.05) is 29.8 Å². The Kier molecular flexibility index (Phi) is 5.08. The second kappa shape index (κ2) is 7.09. The largest absolute Gasteiger partial charge is 0.349 e. The first kappa shape index (κ1) is 17.2. The first-order chi connectivity index (χ1) is 11.4. The van der Waals surface area contributed by atoms with Crippen LogP contribution in [0.3, 0.4) is 0 Å². The maximum Gasteiger partial charge on any atom is 0.244 e. The van der Waals surface area contributed by atoms with Crippen LogP contribution in [0.5, 0.6) is 0 Å². The van der Waals surface area contributed by atoms with Crippen molar-refractivity contribution in [2.45, 2.75) is 12.5 Å². The van der Waals surface area contributed by atoms with Gasteiger partial charge in [-0.2, -0.15) is 0 Å². The Morgan fingerprint density at radius 1 is 1.25 bits per heavy atom. The summed E-state index contributed by atoms with van der Waals surface area (Å²) >= 11 is 7.73. The summed E-state index contributed by atoms with van der Waals surface area (Å²) in [5, 5.41) is 3.42. The summed E-state index contributed by atoms with van der Waals surface area (Å²) < 4.78 is 22.8. The van der Waals surface area contributed by atoms with Crippen LogP contribution in [-0.2, 0) is 14.6 Å². The van der Waals surface area contributed by atoms with Gasteiger partial charge in [-0.3, -0.25) is 4.79 Å². The number of carbonyl (C=O) groups excluding carboxylic acids is 1. The topological polar surface area (TPSA) is 63.2 Å². The summed E-state index contributed by atoms with van der Waals surface area (Å²) in [5.74, 6) is -0.0967. The van der Waals surface area contributed by atoms with Gasteiger partial charge in [0.05, 0.1) is 11.5 Å². The fourth-order valence-electron chi connectivity index (χ4n) is 2.56. The van der Waals surface area contributed by atoms with Gasteiger partial charge in [0.2, 0.25) is 5.91 Å². The molecule has 2 heterocycles. The molecule has 1 aromatic heterocycles. The van der Waals surface area contributed by atoms with Crippen molar-refractivity contribution in [3.05, 3.63) is 52.4 Å². The van der Waals surface area contributed by atoms with Gasteiger partial charge in [0.25, 0.3) is 0 Å². The van der Waals surface area contributed by atoms with Crippen LogP contribution < -0.4 is 5.32 Å². The summed E-state index contributed by atoms with van der Waals surface area (Å²) in [6.07, 6.45) is 3.65. The van der Waals surface area contributed by atoms with Gasteiger partial charge in [-0.25, -0.2) is 8.42 Å². The summed E-state index contributed by atoms with van der Waals surface area (Å²) in [7, 11) is -2.99. The predicted molar refractivity (Wildman–Crippen MR) is 99.0 cm³/mol. The molecule has 24 heavy (non-hydrogen) atoms. The third kappa shape index (κ3) is 4.26. The summed E-state index contributed by atoms with van der Waals surface area (Å²) in [4.78, 5) is 13.9. The molecule has 1 aliphatic heterocycles. The quantitative estimate of drug-likeness (QED) is 0.826.